The van der Waals surface area contributed by atoms with Gasteiger partial charge >= 0.3 is 0 Å². The maximum absolute atomic E-state index is 13.8. The number of aromatic amines is 1. The lowest BCUT2D eigenvalue weighted by molar-refractivity contribution is 0.196. The number of aromatic nitrogens is 4. The topological polar surface area (TPSA) is 83.9 Å². The molecule has 0 spiro atoms. The molecular formula is C13H11FN4O2. The molecule has 0 aliphatic carbocycles. The smallest absolute Gasteiger partial charge is 0.174 e. The van der Waals surface area contributed by atoms with Gasteiger partial charge < -0.3 is 9.84 Å². The number of rotatable bonds is 4. The fraction of sp³-hybridized carbons (Fsp3) is 0.154. The lowest BCUT2D eigenvalue weighted by Crippen LogP contribution is -2.03. The van der Waals surface area contributed by atoms with E-state index in [4.69, 9.17) is 9.84 Å². The molecule has 0 saturated heterocycles. The van der Waals surface area contributed by atoms with Crippen molar-refractivity contribution in [3.8, 4) is 17.3 Å². The third-order valence-corrected chi connectivity index (χ3v) is 2.75. The van der Waals surface area contributed by atoms with Gasteiger partial charge in [-0.05, 0) is 12.1 Å². The minimum absolute atomic E-state index is 0.0320. The summed E-state index contributed by atoms with van der Waals surface area (Å²) in [6.45, 7) is -0.146. The summed E-state index contributed by atoms with van der Waals surface area (Å²) in [6, 6.07) is 6.33. The van der Waals surface area contributed by atoms with Gasteiger partial charge in [-0.2, -0.15) is 5.10 Å². The zero-order valence-corrected chi connectivity index (χ0v) is 10.4. The molecule has 6 nitrogen and oxygen atoms in total. The highest BCUT2D eigenvalue weighted by Crippen LogP contribution is 2.25. The Morgan fingerprint density at radius 1 is 1.30 bits per heavy atom. The van der Waals surface area contributed by atoms with Gasteiger partial charge in [-0.3, -0.25) is 5.10 Å². The number of H-pyrrole nitrogens is 1. The lowest BCUT2D eigenvalue weighted by atomic mass is 10.2. The highest BCUT2D eigenvalue weighted by atomic mass is 19.1. The first-order chi connectivity index (χ1) is 9.78. The number of benzene rings is 1. The van der Waals surface area contributed by atoms with Crippen LogP contribution in [0.25, 0.3) is 22.4 Å². The number of nitrogens with zero attached hydrogens (tertiary/aromatic N) is 3. The van der Waals surface area contributed by atoms with E-state index >= 15 is 0 Å². The summed E-state index contributed by atoms with van der Waals surface area (Å²) < 4.78 is 18.9. The summed E-state index contributed by atoms with van der Waals surface area (Å²) in [5, 5.41) is 15.9. The molecule has 2 aromatic heterocycles. The van der Waals surface area contributed by atoms with E-state index in [2.05, 4.69) is 20.2 Å². The molecule has 2 N–H and O–H groups in total. The highest BCUT2D eigenvalue weighted by Gasteiger charge is 2.09. The molecule has 1 aromatic carbocycles. The molecule has 3 aromatic rings. The van der Waals surface area contributed by atoms with Crippen molar-refractivity contribution in [3.63, 3.8) is 0 Å². The van der Waals surface area contributed by atoms with E-state index in [9.17, 15) is 4.39 Å². The van der Waals surface area contributed by atoms with Crippen LogP contribution < -0.4 is 4.74 Å². The number of aliphatic hydroxyl groups is 1. The Hall–Kier alpha value is -2.54. The van der Waals surface area contributed by atoms with E-state index in [0.29, 0.717) is 22.4 Å². The number of pyridine rings is 1. The van der Waals surface area contributed by atoms with Crippen LogP contribution in [0.4, 0.5) is 4.39 Å². The van der Waals surface area contributed by atoms with Crippen molar-refractivity contribution in [3.05, 3.63) is 36.4 Å². The molecule has 102 valence electrons. The van der Waals surface area contributed by atoms with Crippen LogP contribution in [0.5, 0.6) is 5.75 Å². The second kappa shape index (κ2) is 5.22. The number of hydrogen-bond acceptors (Lipinski definition) is 5. The summed E-state index contributed by atoms with van der Waals surface area (Å²) in [4.78, 5) is 8.40. The fourth-order valence-electron chi connectivity index (χ4n) is 1.85. The van der Waals surface area contributed by atoms with Crippen molar-refractivity contribution in [1.82, 2.24) is 20.2 Å². The Kier molecular flexibility index (Phi) is 3.26. The quantitative estimate of drug-likeness (QED) is 0.753. The molecule has 2 heterocycles. The first kappa shape index (κ1) is 12.5. The second-order valence-electron chi connectivity index (χ2n) is 4.08. The third-order valence-electron chi connectivity index (χ3n) is 2.75. The van der Waals surface area contributed by atoms with Gasteiger partial charge in [-0.25, -0.2) is 14.4 Å². The first-order valence-electron chi connectivity index (χ1n) is 5.97. The van der Waals surface area contributed by atoms with Gasteiger partial charge in [0, 0.05) is 11.5 Å². The number of halogens is 1. The van der Waals surface area contributed by atoms with E-state index in [0.717, 1.165) is 0 Å². The molecule has 0 atom stereocenters. The van der Waals surface area contributed by atoms with E-state index in [-0.39, 0.29) is 19.0 Å². The first-order valence-corrected chi connectivity index (χ1v) is 5.97. The molecular weight excluding hydrogens is 263 g/mol. The van der Waals surface area contributed by atoms with Crippen molar-refractivity contribution in [1.29, 1.82) is 0 Å². The second-order valence-corrected chi connectivity index (χ2v) is 4.08. The molecule has 3 rings (SSSR count). The van der Waals surface area contributed by atoms with E-state index < -0.39 is 5.82 Å². The van der Waals surface area contributed by atoms with Crippen molar-refractivity contribution < 1.29 is 14.2 Å². The van der Waals surface area contributed by atoms with Gasteiger partial charge in [0.2, 0.25) is 0 Å². The Morgan fingerprint density at radius 3 is 2.95 bits per heavy atom. The Bertz CT molecular complexity index is 731. The van der Waals surface area contributed by atoms with E-state index in [1.54, 1.807) is 12.1 Å². The molecule has 0 amide bonds. The SMILES string of the molecule is OCCOc1cc2nc(-c3ncn[nH]3)ccc2cc1F. The lowest BCUT2D eigenvalue weighted by Gasteiger charge is -2.07. The summed E-state index contributed by atoms with van der Waals surface area (Å²) >= 11 is 0. The van der Waals surface area contributed by atoms with Crippen molar-refractivity contribution in [2.45, 2.75) is 0 Å². The van der Waals surface area contributed by atoms with Crippen LogP contribution in [0.2, 0.25) is 0 Å². The minimum atomic E-state index is -0.486. The van der Waals surface area contributed by atoms with Crippen LogP contribution in [0, 0.1) is 5.82 Å². The number of fused-ring (bicyclic) bond motifs is 1. The molecule has 0 unspecified atom stereocenters. The zero-order chi connectivity index (χ0) is 13.9. The summed E-state index contributed by atoms with van der Waals surface area (Å²) in [6.07, 6.45) is 1.39. The minimum Gasteiger partial charge on any atom is -0.488 e. The summed E-state index contributed by atoms with van der Waals surface area (Å²) in [5.74, 6) is 0.114. The maximum Gasteiger partial charge on any atom is 0.174 e. The highest BCUT2D eigenvalue weighted by molar-refractivity contribution is 5.82. The van der Waals surface area contributed by atoms with Crippen molar-refractivity contribution in [2.75, 3.05) is 13.2 Å². The summed E-state index contributed by atoms with van der Waals surface area (Å²) in [7, 11) is 0. The average Bonchev–Trinajstić information content (AvgIpc) is 2.99. The monoisotopic (exact) mass is 274 g/mol. The molecule has 0 bridgehead atoms. The Labute approximate surface area is 113 Å². The van der Waals surface area contributed by atoms with Crippen LogP contribution in [0.15, 0.2) is 30.6 Å². The van der Waals surface area contributed by atoms with Crippen LogP contribution in [0.3, 0.4) is 0 Å². The number of nitrogens with one attached hydrogen (secondary N) is 1. The molecule has 7 heteroatoms. The van der Waals surface area contributed by atoms with E-state index in [1.807, 2.05) is 0 Å². The Balaban J connectivity index is 2.06. The largest absolute Gasteiger partial charge is 0.488 e. The van der Waals surface area contributed by atoms with Crippen molar-refractivity contribution in [2.24, 2.45) is 0 Å². The number of aliphatic hydroxyl groups excluding tert-OH is 1. The molecule has 0 fully saturated rings. The van der Waals surface area contributed by atoms with Gasteiger partial charge in [0.15, 0.2) is 17.4 Å². The molecule has 0 saturated carbocycles. The van der Waals surface area contributed by atoms with Crippen molar-refractivity contribution >= 4 is 10.9 Å². The predicted octanol–water partition coefficient (Wildman–Crippen LogP) is 1.53. The van der Waals surface area contributed by atoms with Gasteiger partial charge in [0.05, 0.1) is 12.1 Å². The number of hydrogen-bond donors (Lipinski definition) is 2. The fourth-order valence-corrected chi connectivity index (χ4v) is 1.85. The maximum atomic E-state index is 13.8. The van der Waals surface area contributed by atoms with Crippen LogP contribution in [0.1, 0.15) is 0 Å². The van der Waals surface area contributed by atoms with Crippen LogP contribution in [-0.4, -0.2) is 38.5 Å². The predicted molar refractivity (Wildman–Crippen MR) is 69.7 cm³/mol. The summed E-state index contributed by atoms with van der Waals surface area (Å²) in [5.41, 5.74) is 1.18. The number of ether oxygens (including phenoxy) is 1. The van der Waals surface area contributed by atoms with Crippen LogP contribution in [-0.2, 0) is 0 Å². The van der Waals surface area contributed by atoms with Gasteiger partial charge in [-0.15, -0.1) is 0 Å². The van der Waals surface area contributed by atoms with Gasteiger partial charge in [0.25, 0.3) is 0 Å². The molecule has 0 aliphatic heterocycles. The molecule has 0 aliphatic rings. The van der Waals surface area contributed by atoms with Gasteiger partial charge in [0.1, 0.15) is 18.6 Å². The third kappa shape index (κ3) is 2.30. The van der Waals surface area contributed by atoms with E-state index in [1.165, 1.54) is 18.5 Å². The standard InChI is InChI=1S/C13H11FN4O2/c14-9-5-8-1-2-10(13-15-7-16-18-13)17-11(8)6-12(9)20-4-3-19/h1-2,5-7,19H,3-4H2,(H,15,16,18). The Morgan fingerprint density at radius 2 is 2.20 bits per heavy atom. The van der Waals surface area contributed by atoms with Gasteiger partial charge in [-0.1, -0.05) is 6.07 Å². The molecule has 20 heavy (non-hydrogen) atoms. The average molecular weight is 274 g/mol. The normalized spacial score (nSPS) is 10.9. The molecule has 0 radical (unpaired) electrons. The van der Waals surface area contributed by atoms with Crippen LogP contribution >= 0.6 is 0 Å². The zero-order valence-electron chi connectivity index (χ0n) is 10.4.